The van der Waals surface area contributed by atoms with Gasteiger partial charge < -0.3 is 31.4 Å². The van der Waals surface area contributed by atoms with Crippen molar-refractivity contribution in [3.8, 4) is 0 Å². The Morgan fingerprint density at radius 2 is 0.879 bits per heavy atom. The van der Waals surface area contributed by atoms with Crippen molar-refractivity contribution in [3.63, 3.8) is 0 Å². The molecule has 3 atom stereocenters. The van der Waals surface area contributed by atoms with E-state index in [1.807, 2.05) is 0 Å². The molecule has 12 heteroatoms. The monoisotopic (exact) mass is 519 g/mol. The van der Waals surface area contributed by atoms with Gasteiger partial charge in [0.15, 0.2) is 0 Å². The molecule has 0 radical (unpaired) electrons. The third kappa shape index (κ3) is 11.5. The first-order valence-corrected chi connectivity index (χ1v) is 13.5. The molecule has 33 heavy (non-hydrogen) atoms. The van der Waals surface area contributed by atoms with Crippen LogP contribution in [0.2, 0.25) is 0 Å². The molecule has 0 aromatic heterocycles. The van der Waals surface area contributed by atoms with Gasteiger partial charge in [-0.15, -0.1) is 0 Å². The fraction of sp³-hybridized carbons (Fsp3) is 0.571. The molecule has 0 unspecified atom stereocenters. The van der Waals surface area contributed by atoms with Crippen LogP contribution in [0.25, 0.3) is 0 Å². The Morgan fingerprint density at radius 3 is 1.09 bits per heavy atom. The van der Waals surface area contributed by atoms with Gasteiger partial charge in [-0.25, -0.2) is 0 Å². The van der Waals surface area contributed by atoms with Crippen LogP contribution < -0.4 is 17.2 Å². The van der Waals surface area contributed by atoms with E-state index in [9.17, 15) is 14.4 Å². The molecule has 9 nitrogen and oxygen atoms in total. The molecule has 6 N–H and O–H groups in total. The highest BCUT2D eigenvalue weighted by Gasteiger charge is 2.16. The molecule has 1 aromatic rings. The fourth-order valence-corrected chi connectivity index (χ4v) is 5.39. The SMILES string of the molecule is COC(=O)[C@@H](N)CSCc1cc(CSC[C@H](N)C(=O)OC)cc(CSC[C@H](N)C(=O)OC)c1. The van der Waals surface area contributed by atoms with Crippen molar-refractivity contribution in [1.82, 2.24) is 0 Å². The Bertz CT molecular complexity index is 671. The van der Waals surface area contributed by atoms with E-state index >= 15 is 0 Å². The summed E-state index contributed by atoms with van der Waals surface area (Å²) in [7, 11) is 3.95. The predicted octanol–water partition coefficient (Wildman–Crippen LogP) is 0.887. The van der Waals surface area contributed by atoms with Gasteiger partial charge in [-0.2, -0.15) is 35.3 Å². The number of hydrogen-bond donors (Lipinski definition) is 3. The van der Waals surface area contributed by atoms with Crippen molar-refractivity contribution in [1.29, 1.82) is 0 Å². The molecular formula is C21H33N3O6S3. The van der Waals surface area contributed by atoms with Gasteiger partial charge in [0, 0.05) is 34.5 Å². The van der Waals surface area contributed by atoms with Gasteiger partial charge in [0.05, 0.1) is 21.3 Å². The van der Waals surface area contributed by atoms with Crippen LogP contribution in [0.4, 0.5) is 0 Å². The minimum atomic E-state index is -0.673. The predicted molar refractivity (Wildman–Crippen MR) is 135 cm³/mol. The largest absolute Gasteiger partial charge is 0.468 e. The zero-order chi connectivity index (χ0) is 24.8. The van der Waals surface area contributed by atoms with Crippen molar-refractivity contribution < 1.29 is 28.6 Å². The molecule has 0 amide bonds. The number of thioether (sulfide) groups is 3. The number of benzene rings is 1. The van der Waals surface area contributed by atoms with Gasteiger partial charge in [0.25, 0.3) is 0 Å². The minimum Gasteiger partial charge on any atom is -0.468 e. The highest BCUT2D eigenvalue weighted by atomic mass is 32.2. The zero-order valence-corrected chi connectivity index (χ0v) is 21.6. The highest BCUT2D eigenvalue weighted by Crippen LogP contribution is 2.23. The quantitative estimate of drug-likeness (QED) is 0.222. The molecule has 0 saturated carbocycles. The molecule has 0 aliphatic rings. The second-order valence-corrected chi connectivity index (χ2v) is 10.2. The van der Waals surface area contributed by atoms with Crippen LogP contribution in [0.15, 0.2) is 18.2 Å². The summed E-state index contributed by atoms with van der Waals surface area (Å²) < 4.78 is 14.0. The third-order valence-electron chi connectivity index (χ3n) is 4.32. The number of ether oxygens (including phenoxy) is 3. The Hall–Kier alpha value is -1.44. The van der Waals surface area contributed by atoms with Crippen LogP contribution >= 0.6 is 35.3 Å². The number of methoxy groups -OCH3 is 3. The number of carbonyl (C=O) groups excluding carboxylic acids is 3. The van der Waals surface area contributed by atoms with Crippen molar-refractivity contribution in [2.75, 3.05) is 38.6 Å². The normalized spacial score (nSPS) is 13.6. The first kappa shape index (κ1) is 29.6. The van der Waals surface area contributed by atoms with Gasteiger partial charge in [-0.3, -0.25) is 14.4 Å². The summed E-state index contributed by atoms with van der Waals surface area (Å²) in [5.74, 6) is 2.03. The average molecular weight is 520 g/mol. The first-order valence-electron chi connectivity index (χ1n) is 10.1. The summed E-state index contributed by atoms with van der Waals surface area (Å²) in [6.07, 6.45) is 0. The maximum Gasteiger partial charge on any atom is 0.323 e. The number of carbonyl (C=O) groups is 3. The number of rotatable bonds is 15. The summed E-state index contributed by atoms with van der Waals surface area (Å²) in [5, 5.41) is 0. The van der Waals surface area contributed by atoms with Crippen molar-refractivity contribution >= 4 is 53.2 Å². The summed E-state index contributed by atoms with van der Waals surface area (Å²) in [6.45, 7) is 0. The van der Waals surface area contributed by atoms with Gasteiger partial charge in [-0.1, -0.05) is 18.2 Å². The Morgan fingerprint density at radius 1 is 0.636 bits per heavy atom. The first-order chi connectivity index (χ1) is 15.7. The molecule has 186 valence electrons. The summed E-state index contributed by atoms with van der Waals surface area (Å²) in [6, 6.07) is 4.24. The lowest BCUT2D eigenvalue weighted by atomic mass is 10.1. The summed E-state index contributed by atoms with van der Waals surface area (Å²) >= 11 is 4.63. The van der Waals surface area contributed by atoms with Crippen LogP contribution in [0.3, 0.4) is 0 Å². The molecule has 0 fully saturated rings. The molecule has 0 spiro atoms. The lowest BCUT2D eigenvalue weighted by Crippen LogP contribution is -2.33. The third-order valence-corrected chi connectivity index (χ3v) is 7.72. The van der Waals surface area contributed by atoms with E-state index in [-0.39, 0.29) is 0 Å². The number of nitrogens with two attached hydrogens (primary N) is 3. The van der Waals surface area contributed by atoms with Crippen LogP contribution in [0.5, 0.6) is 0 Å². The Balaban J connectivity index is 2.78. The van der Waals surface area contributed by atoms with Crippen LogP contribution in [0.1, 0.15) is 16.7 Å². The summed E-state index contributed by atoms with van der Waals surface area (Å²) in [4.78, 5) is 34.5. The lowest BCUT2D eigenvalue weighted by molar-refractivity contribution is -0.142. The molecule has 0 heterocycles. The Kier molecular flexibility index (Phi) is 14.6. The van der Waals surface area contributed by atoms with Gasteiger partial charge in [-0.05, 0) is 16.7 Å². The van der Waals surface area contributed by atoms with Gasteiger partial charge in [0.1, 0.15) is 18.1 Å². The van der Waals surface area contributed by atoms with E-state index in [2.05, 4.69) is 32.4 Å². The molecule has 0 aliphatic carbocycles. The Labute approximate surface area is 207 Å². The van der Waals surface area contributed by atoms with E-state index in [1.165, 1.54) is 21.3 Å². The minimum absolute atomic E-state index is 0.436. The molecule has 0 bridgehead atoms. The lowest BCUT2D eigenvalue weighted by Gasteiger charge is -2.13. The molecule has 1 aromatic carbocycles. The van der Waals surface area contributed by atoms with Gasteiger partial charge >= 0.3 is 17.9 Å². The second kappa shape index (κ2) is 16.2. The molecule has 1 rings (SSSR count). The van der Waals surface area contributed by atoms with E-state index in [1.54, 1.807) is 35.3 Å². The number of hydrogen-bond acceptors (Lipinski definition) is 12. The van der Waals surface area contributed by atoms with Crippen molar-refractivity contribution in [3.05, 3.63) is 34.9 Å². The van der Waals surface area contributed by atoms with Crippen LogP contribution in [-0.4, -0.2) is 74.6 Å². The topological polar surface area (TPSA) is 157 Å². The van der Waals surface area contributed by atoms with Crippen LogP contribution in [0, 0.1) is 0 Å². The van der Waals surface area contributed by atoms with E-state index < -0.39 is 36.0 Å². The average Bonchev–Trinajstić information content (AvgIpc) is 2.81. The van der Waals surface area contributed by atoms with Crippen LogP contribution in [-0.2, 0) is 45.9 Å². The smallest absolute Gasteiger partial charge is 0.323 e. The maximum atomic E-state index is 11.5. The fourth-order valence-electron chi connectivity index (χ4n) is 2.66. The zero-order valence-electron chi connectivity index (χ0n) is 19.1. The summed E-state index contributed by atoms with van der Waals surface area (Å²) in [5.41, 5.74) is 20.7. The molecule has 0 aliphatic heterocycles. The maximum absolute atomic E-state index is 11.5. The van der Waals surface area contributed by atoms with Gasteiger partial charge in [0.2, 0.25) is 0 Å². The van der Waals surface area contributed by atoms with E-state index in [0.717, 1.165) is 16.7 Å². The van der Waals surface area contributed by atoms with E-state index in [4.69, 9.17) is 17.2 Å². The van der Waals surface area contributed by atoms with Crippen molar-refractivity contribution in [2.24, 2.45) is 17.2 Å². The highest BCUT2D eigenvalue weighted by molar-refractivity contribution is 7.99. The molecule has 0 saturated heterocycles. The molecular weight excluding hydrogens is 486 g/mol. The number of esters is 3. The van der Waals surface area contributed by atoms with Crippen molar-refractivity contribution in [2.45, 2.75) is 35.4 Å². The van der Waals surface area contributed by atoms with E-state index in [0.29, 0.717) is 34.5 Å². The standard InChI is InChI=1S/C21H33N3O6S3/c1-28-19(25)16(22)10-31-7-13-4-14(8-32-11-17(23)20(26)29-2)6-15(5-13)9-33-12-18(24)21(27)30-3/h4-6,16-18H,7-12,22-24H2,1-3H3/t16-,17-,18-/m0/s1. The second-order valence-electron chi connectivity index (χ2n) is 7.09.